The van der Waals surface area contributed by atoms with Crippen LogP contribution in [0.2, 0.25) is 0 Å². The van der Waals surface area contributed by atoms with E-state index < -0.39 is 10.0 Å². The third-order valence-corrected chi connectivity index (χ3v) is 4.90. The highest BCUT2D eigenvalue weighted by molar-refractivity contribution is 14.0. The Morgan fingerprint density at radius 1 is 1.12 bits per heavy atom. The first-order chi connectivity index (χ1) is 12.0. The average Bonchev–Trinajstić information content (AvgIpc) is 2.60. The highest BCUT2D eigenvalue weighted by Gasteiger charge is 2.12. The lowest BCUT2D eigenvalue weighted by Crippen LogP contribution is -2.37. The number of nitrogens with zero attached hydrogens (tertiary/aromatic N) is 1. The third-order valence-electron chi connectivity index (χ3n) is 3.42. The van der Waals surface area contributed by atoms with E-state index in [2.05, 4.69) is 27.3 Å². The van der Waals surface area contributed by atoms with Crippen molar-refractivity contribution in [2.75, 3.05) is 33.4 Å². The molecule has 0 atom stereocenters. The van der Waals surface area contributed by atoms with Crippen LogP contribution in [-0.4, -0.2) is 47.7 Å². The molecule has 0 radical (unpaired) electrons. The summed E-state index contributed by atoms with van der Waals surface area (Å²) in [6.07, 6.45) is 2.22. The lowest BCUT2D eigenvalue weighted by atomic mass is 10.2. The first-order valence-corrected chi connectivity index (χ1v) is 10.1. The first kappa shape index (κ1) is 25.1. The van der Waals surface area contributed by atoms with Crippen molar-refractivity contribution in [3.63, 3.8) is 0 Å². The Morgan fingerprint density at radius 2 is 1.81 bits per heavy atom. The lowest BCUT2D eigenvalue weighted by molar-refractivity contribution is 0.204. The van der Waals surface area contributed by atoms with Gasteiger partial charge in [-0.15, -0.1) is 24.0 Å². The van der Waals surface area contributed by atoms with Crippen molar-refractivity contribution in [2.24, 2.45) is 4.99 Å². The van der Waals surface area contributed by atoms with Crippen molar-refractivity contribution in [2.45, 2.75) is 38.1 Å². The summed E-state index contributed by atoms with van der Waals surface area (Å²) < 4.78 is 31.5. The molecule has 150 valence electrons. The third kappa shape index (κ3) is 9.70. The Kier molecular flexibility index (Phi) is 13.7. The van der Waals surface area contributed by atoms with Gasteiger partial charge >= 0.3 is 0 Å². The van der Waals surface area contributed by atoms with Crippen LogP contribution >= 0.6 is 24.0 Å². The van der Waals surface area contributed by atoms with Gasteiger partial charge in [-0.25, -0.2) is 18.1 Å². The van der Waals surface area contributed by atoms with Crippen LogP contribution in [0.3, 0.4) is 0 Å². The lowest BCUT2D eigenvalue weighted by Gasteiger charge is -2.11. The van der Waals surface area contributed by atoms with Gasteiger partial charge in [-0.3, -0.25) is 0 Å². The zero-order valence-electron chi connectivity index (χ0n) is 15.7. The van der Waals surface area contributed by atoms with Gasteiger partial charge in [-0.1, -0.05) is 25.5 Å². The molecule has 0 spiro atoms. The molecule has 0 aliphatic rings. The molecule has 0 unspecified atom stereocenters. The van der Waals surface area contributed by atoms with Crippen LogP contribution in [0.15, 0.2) is 34.2 Å². The van der Waals surface area contributed by atoms with Crippen molar-refractivity contribution >= 4 is 40.0 Å². The van der Waals surface area contributed by atoms with Gasteiger partial charge in [0.05, 0.1) is 18.0 Å². The molecule has 1 aromatic carbocycles. The number of rotatable bonds is 11. The average molecular weight is 498 g/mol. The van der Waals surface area contributed by atoms with Crippen LogP contribution in [0.5, 0.6) is 0 Å². The van der Waals surface area contributed by atoms with Gasteiger partial charge in [-0.05, 0) is 31.0 Å². The Labute approximate surface area is 174 Å². The second kappa shape index (κ2) is 14.2. The number of sulfonamides is 1. The number of hydrogen-bond acceptors (Lipinski definition) is 4. The van der Waals surface area contributed by atoms with E-state index in [0.29, 0.717) is 13.2 Å². The molecule has 1 rings (SSSR count). The van der Waals surface area contributed by atoms with Gasteiger partial charge in [0.1, 0.15) is 0 Å². The van der Waals surface area contributed by atoms with Gasteiger partial charge in [0.2, 0.25) is 10.0 Å². The monoisotopic (exact) mass is 498 g/mol. The summed E-state index contributed by atoms with van der Waals surface area (Å²) >= 11 is 0. The smallest absolute Gasteiger partial charge is 0.240 e. The van der Waals surface area contributed by atoms with Gasteiger partial charge in [0.15, 0.2) is 5.96 Å². The standard InChI is InChI=1S/C17H30N4O3S.HI/c1-4-6-11-19-17(18-5-2)20-14-15-7-9-16(10-8-15)25(22,23)21-12-13-24-3;/h7-10,21H,4-6,11-14H2,1-3H3,(H2,18,19,20);1H. The molecule has 0 aliphatic heterocycles. The van der Waals surface area contributed by atoms with Gasteiger partial charge in [0, 0.05) is 26.7 Å². The molecule has 9 heteroatoms. The summed E-state index contributed by atoms with van der Waals surface area (Å²) in [6, 6.07) is 6.75. The SMILES string of the molecule is CCCCNC(=NCc1ccc(S(=O)(=O)NCCOC)cc1)NCC.I. The van der Waals surface area contributed by atoms with Crippen LogP contribution in [0.25, 0.3) is 0 Å². The van der Waals surface area contributed by atoms with E-state index >= 15 is 0 Å². The van der Waals surface area contributed by atoms with Crippen LogP contribution in [0.1, 0.15) is 32.3 Å². The zero-order chi connectivity index (χ0) is 18.5. The number of guanidine groups is 1. The Morgan fingerprint density at radius 3 is 2.38 bits per heavy atom. The Balaban J connectivity index is 0.00000625. The summed E-state index contributed by atoms with van der Waals surface area (Å²) in [5, 5.41) is 6.47. The number of benzene rings is 1. The molecule has 0 fully saturated rings. The summed E-state index contributed by atoms with van der Waals surface area (Å²) in [6.45, 7) is 6.91. The molecule has 0 saturated heterocycles. The largest absolute Gasteiger partial charge is 0.383 e. The van der Waals surface area contributed by atoms with E-state index in [9.17, 15) is 8.42 Å². The topological polar surface area (TPSA) is 91.8 Å². The molecule has 0 amide bonds. The van der Waals surface area contributed by atoms with Crippen LogP contribution in [0, 0.1) is 0 Å². The van der Waals surface area contributed by atoms with Gasteiger partial charge in [-0.2, -0.15) is 0 Å². The maximum absolute atomic E-state index is 12.1. The zero-order valence-corrected chi connectivity index (χ0v) is 18.9. The normalized spacial score (nSPS) is 11.7. The Bertz CT molecular complexity index is 621. The maximum atomic E-state index is 12.1. The van der Waals surface area contributed by atoms with Gasteiger partial charge in [0.25, 0.3) is 0 Å². The number of nitrogens with one attached hydrogen (secondary N) is 3. The number of aliphatic imine (C=N–C) groups is 1. The Hall–Kier alpha value is -0.910. The molecule has 7 nitrogen and oxygen atoms in total. The van der Waals surface area contributed by atoms with Gasteiger partial charge < -0.3 is 15.4 Å². The van der Waals surface area contributed by atoms with Crippen LogP contribution in [-0.2, 0) is 21.3 Å². The van der Waals surface area contributed by atoms with Crippen LogP contribution in [0.4, 0.5) is 0 Å². The first-order valence-electron chi connectivity index (χ1n) is 8.63. The second-order valence-electron chi connectivity index (χ2n) is 5.51. The minimum atomic E-state index is -3.49. The molecule has 0 aromatic heterocycles. The van der Waals surface area contributed by atoms with Crippen molar-refractivity contribution < 1.29 is 13.2 Å². The molecule has 0 bridgehead atoms. The van der Waals surface area contributed by atoms with E-state index in [1.807, 2.05) is 6.92 Å². The molecule has 26 heavy (non-hydrogen) atoms. The molecule has 0 aliphatic carbocycles. The minimum Gasteiger partial charge on any atom is -0.383 e. The number of unbranched alkanes of at least 4 members (excludes halogenated alkanes) is 1. The number of halogens is 1. The van der Waals surface area contributed by atoms with Crippen molar-refractivity contribution in [1.82, 2.24) is 15.4 Å². The predicted octanol–water partition coefficient (Wildman–Crippen LogP) is 2.08. The van der Waals surface area contributed by atoms with Crippen molar-refractivity contribution in [1.29, 1.82) is 0 Å². The minimum absolute atomic E-state index is 0. The summed E-state index contributed by atoms with van der Waals surface area (Å²) in [4.78, 5) is 4.76. The quantitative estimate of drug-likeness (QED) is 0.188. The predicted molar refractivity (Wildman–Crippen MR) is 117 cm³/mol. The fraction of sp³-hybridized carbons (Fsp3) is 0.588. The molecular weight excluding hydrogens is 467 g/mol. The summed E-state index contributed by atoms with van der Waals surface area (Å²) in [5.41, 5.74) is 0.948. The van der Waals surface area contributed by atoms with E-state index in [0.717, 1.165) is 37.5 Å². The number of methoxy groups -OCH3 is 1. The number of hydrogen-bond donors (Lipinski definition) is 3. The van der Waals surface area contributed by atoms with E-state index in [4.69, 9.17) is 4.74 Å². The van der Waals surface area contributed by atoms with E-state index in [1.54, 1.807) is 24.3 Å². The fourth-order valence-corrected chi connectivity index (χ4v) is 3.04. The van der Waals surface area contributed by atoms with Crippen molar-refractivity contribution in [3.8, 4) is 0 Å². The van der Waals surface area contributed by atoms with E-state index in [1.165, 1.54) is 7.11 Å². The van der Waals surface area contributed by atoms with Crippen molar-refractivity contribution in [3.05, 3.63) is 29.8 Å². The molecular formula is C17H31IN4O3S. The molecule has 0 heterocycles. The van der Waals surface area contributed by atoms with Crippen LogP contribution < -0.4 is 15.4 Å². The molecule has 1 aromatic rings. The highest BCUT2D eigenvalue weighted by Crippen LogP contribution is 2.11. The fourth-order valence-electron chi connectivity index (χ4n) is 2.03. The number of ether oxygens (including phenoxy) is 1. The summed E-state index contributed by atoms with van der Waals surface area (Å²) in [5.74, 6) is 0.772. The molecule has 0 saturated carbocycles. The van der Waals surface area contributed by atoms with E-state index in [-0.39, 0.29) is 35.4 Å². The second-order valence-corrected chi connectivity index (χ2v) is 7.28. The maximum Gasteiger partial charge on any atom is 0.240 e. The highest BCUT2D eigenvalue weighted by atomic mass is 127. The molecule has 3 N–H and O–H groups in total. The summed E-state index contributed by atoms with van der Waals surface area (Å²) in [7, 11) is -1.96.